The van der Waals surface area contributed by atoms with E-state index in [1.165, 1.54) is 96.6 Å². The van der Waals surface area contributed by atoms with Crippen LogP contribution in [-0.2, 0) is 0 Å². The van der Waals surface area contributed by atoms with Gasteiger partial charge in [0.2, 0.25) is 5.95 Å². The summed E-state index contributed by atoms with van der Waals surface area (Å²) in [5, 5.41) is 3.71. The molecule has 2 aliphatic heterocycles. The van der Waals surface area contributed by atoms with E-state index in [1.807, 2.05) is 6.20 Å². The van der Waals surface area contributed by atoms with Gasteiger partial charge in [-0.15, -0.1) is 0 Å². The second-order valence-electron chi connectivity index (χ2n) is 10.4. The SMILES string of the molecule is c1cc(N2CCCCCC2)nc(NC2CCCN(C3CCC4CCCCC4C3)C2)n1. The van der Waals surface area contributed by atoms with Crippen LogP contribution in [0.5, 0.6) is 0 Å². The van der Waals surface area contributed by atoms with E-state index < -0.39 is 0 Å². The summed E-state index contributed by atoms with van der Waals surface area (Å²) in [4.78, 5) is 14.7. The summed E-state index contributed by atoms with van der Waals surface area (Å²) < 4.78 is 0. The van der Waals surface area contributed by atoms with Crippen LogP contribution in [-0.4, -0.2) is 53.1 Å². The zero-order valence-corrected chi connectivity index (χ0v) is 18.8. The van der Waals surface area contributed by atoms with E-state index in [1.54, 1.807) is 0 Å². The van der Waals surface area contributed by atoms with Crippen molar-refractivity contribution < 1.29 is 0 Å². The highest BCUT2D eigenvalue weighted by Gasteiger charge is 2.36. The summed E-state index contributed by atoms with van der Waals surface area (Å²) in [6.07, 6.45) is 20.1. The largest absolute Gasteiger partial charge is 0.356 e. The standard InChI is InChI=1S/C25H41N5/c1-2-6-16-29(15-5-1)24-13-14-26-25(28-24)27-22-10-7-17-30(19-22)23-12-11-20-8-3-4-9-21(20)18-23/h13-14,20-23H,1-12,15-19H2,(H,26,27,28). The highest BCUT2D eigenvalue weighted by Crippen LogP contribution is 2.42. The molecule has 2 saturated carbocycles. The van der Waals surface area contributed by atoms with Crippen molar-refractivity contribution in [1.82, 2.24) is 14.9 Å². The Kier molecular flexibility index (Phi) is 6.74. The molecule has 0 spiro atoms. The van der Waals surface area contributed by atoms with E-state index in [0.29, 0.717) is 6.04 Å². The molecule has 1 aromatic heterocycles. The molecule has 1 aromatic rings. The van der Waals surface area contributed by atoms with E-state index in [9.17, 15) is 0 Å². The van der Waals surface area contributed by atoms with Gasteiger partial charge < -0.3 is 10.2 Å². The van der Waals surface area contributed by atoms with Crippen molar-refractivity contribution in [3.05, 3.63) is 12.3 Å². The Morgan fingerprint density at radius 2 is 1.63 bits per heavy atom. The number of nitrogens with zero attached hydrogens (tertiary/aromatic N) is 4. The predicted octanol–water partition coefficient (Wildman–Crippen LogP) is 5.09. The Balaban J connectivity index is 1.18. The van der Waals surface area contributed by atoms with E-state index in [2.05, 4.69) is 26.2 Å². The fourth-order valence-electron chi connectivity index (χ4n) is 6.71. The van der Waals surface area contributed by atoms with Gasteiger partial charge in [-0.2, -0.15) is 4.98 Å². The molecule has 4 atom stereocenters. The molecule has 4 unspecified atom stereocenters. The molecule has 0 bridgehead atoms. The number of piperidine rings is 1. The zero-order valence-electron chi connectivity index (χ0n) is 18.8. The minimum atomic E-state index is 0.488. The molecule has 2 aliphatic carbocycles. The Morgan fingerprint density at radius 1 is 0.800 bits per heavy atom. The molecule has 3 heterocycles. The van der Waals surface area contributed by atoms with Crippen LogP contribution < -0.4 is 10.2 Å². The summed E-state index contributed by atoms with van der Waals surface area (Å²) >= 11 is 0. The van der Waals surface area contributed by atoms with Crippen molar-refractivity contribution in [2.75, 3.05) is 36.4 Å². The fraction of sp³-hybridized carbons (Fsp3) is 0.840. The molecule has 5 rings (SSSR count). The van der Waals surface area contributed by atoms with Crippen LogP contribution >= 0.6 is 0 Å². The van der Waals surface area contributed by atoms with Crippen molar-refractivity contribution in [2.45, 2.75) is 95.6 Å². The zero-order chi connectivity index (χ0) is 20.2. The molecule has 0 aromatic carbocycles. The highest BCUT2D eigenvalue weighted by atomic mass is 15.2. The smallest absolute Gasteiger partial charge is 0.224 e. The minimum absolute atomic E-state index is 0.488. The van der Waals surface area contributed by atoms with Gasteiger partial charge in [0.15, 0.2) is 0 Å². The molecule has 0 radical (unpaired) electrons. The molecule has 4 aliphatic rings. The molecule has 4 fully saturated rings. The van der Waals surface area contributed by atoms with E-state index in [-0.39, 0.29) is 0 Å². The summed E-state index contributed by atoms with van der Waals surface area (Å²) in [6.45, 7) is 4.73. The number of rotatable bonds is 4. The van der Waals surface area contributed by atoms with Gasteiger partial charge >= 0.3 is 0 Å². The molecular formula is C25H41N5. The average molecular weight is 412 g/mol. The third kappa shape index (κ3) is 4.92. The summed E-state index contributed by atoms with van der Waals surface area (Å²) in [6, 6.07) is 3.40. The number of fused-ring (bicyclic) bond motifs is 1. The first-order valence-electron chi connectivity index (χ1n) is 12.9. The third-order valence-corrected chi connectivity index (χ3v) is 8.39. The van der Waals surface area contributed by atoms with E-state index >= 15 is 0 Å². The Hall–Kier alpha value is -1.36. The fourth-order valence-corrected chi connectivity index (χ4v) is 6.71. The lowest BCUT2D eigenvalue weighted by atomic mass is 9.69. The number of anilines is 2. The van der Waals surface area contributed by atoms with Gasteiger partial charge in [-0.05, 0) is 69.4 Å². The van der Waals surface area contributed by atoms with Crippen molar-refractivity contribution in [2.24, 2.45) is 11.8 Å². The summed E-state index contributed by atoms with van der Waals surface area (Å²) in [7, 11) is 0. The van der Waals surface area contributed by atoms with Crippen molar-refractivity contribution >= 4 is 11.8 Å². The second-order valence-corrected chi connectivity index (χ2v) is 10.4. The van der Waals surface area contributed by atoms with Gasteiger partial charge in [0.25, 0.3) is 0 Å². The molecule has 5 heteroatoms. The van der Waals surface area contributed by atoms with Crippen LogP contribution in [0.3, 0.4) is 0 Å². The van der Waals surface area contributed by atoms with Crippen LogP contribution in [0, 0.1) is 11.8 Å². The quantitative estimate of drug-likeness (QED) is 0.747. The van der Waals surface area contributed by atoms with Gasteiger partial charge in [-0.3, -0.25) is 4.90 Å². The number of aromatic nitrogens is 2. The number of likely N-dealkylation sites (tertiary alicyclic amines) is 1. The minimum Gasteiger partial charge on any atom is -0.356 e. The lowest BCUT2D eigenvalue weighted by Crippen LogP contribution is -2.49. The first kappa shape index (κ1) is 20.5. The molecule has 30 heavy (non-hydrogen) atoms. The molecule has 1 N–H and O–H groups in total. The lowest BCUT2D eigenvalue weighted by Gasteiger charge is -2.45. The van der Waals surface area contributed by atoms with Crippen LogP contribution in [0.25, 0.3) is 0 Å². The maximum Gasteiger partial charge on any atom is 0.224 e. The molecule has 166 valence electrons. The Bertz CT molecular complexity index is 671. The van der Waals surface area contributed by atoms with Crippen molar-refractivity contribution in [3.8, 4) is 0 Å². The van der Waals surface area contributed by atoms with Gasteiger partial charge in [0.05, 0.1) is 0 Å². The van der Waals surface area contributed by atoms with Gasteiger partial charge in [0.1, 0.15) is 5.82 Å². The number of hydrogen-bond acceptors (Lipinski definition) is 5. The van der Waals surface area contributed by atoms with Gasteiger partial charge in [0, 0.05) is 37.9 Å². The second kappa shape index (κ2) is 9.84. The van der Waals surface area contributed by atoms with Crippen LogP contribution in [0.4, 0.5) is 11.8 Å². The summed E-state index contributed by atoms with van der Waals surface area (Å²) in [5.74, 6) is 4.00. The maximum absolute atomic E-state index is 4.91. The predicted molar refractivity (Wildman–Crippen MR) is 124 cm³/mol. The van der Waals surface area contributed by atoms with E-state index in [4.69, 9.17) is 4.98 Å². The monoisotopic (exact) mass is 411 g/mol. The van der Waals surface area contributed by atoms with Gasteiger partial charge in [-0.25, -0.2) is 4.98 Å². The maximum atomic E-state index is 4.91. The lowest BCUT2D eigenvalue weighted by molar-refractivity contribution is 0.0597. The molecule has 5 nitrogen and oxygen atoms in total. The molecule has 0 amide bonds. The normalized spacial score (nSPS) is 33.5. The summed E-state index contributed by atoms with van der Waals surface area (Å²) in [5.41, 5.74) is 0. The van der Waals surface area contributed by atoms with Crippen LogP contribution in [0.1, 0.15) is 83.5 Å². The topological polar surface area (TPSA) is 44.3 Å². The number of nitrogens with one attached hydrogen (secondary N) is 1. The number of hydrogen-bond donors (Lipinski definition) is 1. The third-order valence-electron chi connectivity index (χ3n) is 8.39. The molecule has 2 saturated heterocycles. The van der Waals surface area contributed by atoms with Crippen LogP contribution in [0.15, 0.2) is 12.3 Å². The first-order valence-corrected chi connectivity index (χ1v) is 12.9. The Morgan fingerprint density at radius 3 is 2.50 bits per heavy atom. The Labute approximate surface area is 183 Å². The van der Waals surface area contributed by atoms with Gasteiger partial charge in [-0.1, -0.05) is 38.5 Å². The first-order chi connectivity index (χ1) is 14.8. The molecular weight excluding hydrogens is 370 g/mol. The van der Waals surface area contributed by atoms with Crippen molar-refractivity contribution in [1.29, 1.82) is 0 Å². The van der Waals surface area contributed by atoms with Crippen molar-refractivity contribution in [3.63, 3.8) is 0 Å². The van der Waals surface area contributed by atoms with E-state index in [0.717, 1.165) is 42.7 Å². The average Bonchev–Trinajstić information content (AvgIpc) is 3.09. The highest BCUT2D eigenvalue weighted by molar-refractivity contribution is 5.43. The van der Waals surface area contributed by atoms with Crippen LogP contribution in [0.2, 0.25) is 0 Å².